The first kappa shape index (κ1) is 38.4. The molecule has 2 heterocycles. The molecule has 3 rings (SSSR count). The molecule has 0 saturated carbocycles. The minimum absolute atomic E-state index is 0.0161. The molecule has 0 spiro atoms. The zero-order chi connectivity index (χ0) is 35.2. The normalized spacial score (nSPS) is 26.4. The van der Waals surface area contributed by atoms with E-state index >= 15 is 0 Å². The highest BCUT2D eigenvalue weighted by molar-refractivity contribution is 7.09. The number of hydrogen-bond acceptors (Lipinski definition) is 10. The van der Waals surface area contributed by atoms with Crippen LogP contribution < -0.4 is 5.46 Å². The molecule has 12 heteroatoms. The Morgan fingerprint density at radius 2 is 1.20 bits per heavy atom. The van der Waals surface area contributed by atoms with Gasteiger partial charge in [0.2, 0.25) is 0 Å². The minimum atomic E-state index is -1.21. The molecule has 0 radical (unpaired) electrons. The molecular weight excluding hydrogens is 610 g/mol. The Labute approximate surface area is 277 Å². The van der Waals surface area contributed by atoms with Gasteiger partial charge in [0.05, 0.1) is 34.1 Å². The summed E-state index contributed by atoms with van der Waals surface area (Å²) < 4.78 is 43.0. The Bertz CT molecular complexity index is 1270. The standard InChI is InChI=1S/C34H54BO10P/c1-19-17-20(35-44-33(11,12)34(13,14)45-35)15-16-21(19)23-25(42-28(37)31(5,6)7)26(43-29(38)32(8,9)10)24(22(40-23)18-39-46)41-27(36)30(2,3)4/h15-17,22-26H,18,46H2,1-14H3/t22-,23-,24-,25-,26+/m1/s1. The van der Waals surface area contributed by atoms with Crippen LogP contribution in [0.3, 0.4) is 0 Å². The fourth-order valence-electron chi connectivity index (χ4n) is 4.84. The Morgan fingerprint density at radius 1 is 0.761 bits per heavy atom. The molecule has 10 nitrogen and oxygen atoms in total. The molecule has 0 aliphatic carbocycles. The molecule has 0 amide bonds. The maximum atomic E-state index is 13.5. The van der Waals surface area contributed by atoms with Crippen LogP contribution in [0.5, 0.6) is 0 Å². The highest BCUT2D eigenvalue weighted by Gasteiger charge is 2.55. The molecule has 1 unspecified atom stereocenters. The maximum Gasteiger partial charge on any atom is 0.494 e. The number of carbonyl (C=O) groups excluding carboxylic acids is 3. The van der Waals surface area contributed by atoms with Crippen molar-refractivity contribution < 1.29 is 47.2 Å². The lowest BCUT2D eigenvalue weighted by atomic mass is 9.77. The largest absolute Gasteiger partial charge is 0.494 e. The van der Waals surface area contributed by atoms with Crippen LogP contribution in [0, 0.1) is 23.2 Å². The van der Waals surface area contributed by atoms with Gasteiger partial charge in [0.1, 0.15) is 12.2 Å². The Kier molecular flexibility index (Phi) is 11.2. The summed E-state index contributed by atoms with van der Waals surface area (Å²) in [6.07, 6.45) is -5.31. The molecule has 0 bridgehead atoms. The number of ether oxygens (including phenoxy) is 4. The molecule has 2 aliphatic rings. The Balaban J connectivity index is 2.17. The average Bonchev–Trinajstić information content (AvgIpc) is 3.11. The third-order valence-corrected chi connectivity index (χ3v) is 8.78. The quantitative estimate of drug-likeness (QED) is 0.162. The van der Waals surface area contributed by atoms with Crippen LogP contribution in [0.4, 0.5) is 0 Å². The maximum absolute atomic E-state index is 13.5. The first-order chi connectivity index (χ1) is 20.8. The van der Waals surface area contributed by atoms with Crippen molar-refractivity contribution in [1.29, 1.82) is 0 Å². The molecule has 0 N–H and O–H groups in total. The van der Waals surface area contributed by atoms with E-state index in [1.54, 1.807) is 62.3 Å². The van der Waals surface area contributed by atoms with Gasteiger partial charge in [-0.05, 0) is 114 Å². The van der Waals surface area contributed by atoms with E-state index in [1.165, 1.54) is 0 Å². The summed E-state index contributed by atoms with van der Waals surface area (Å²) in [5.74, 6) is -1.62. The molecule has 2 fully saturated rings. The van der Waals surface area contributed by atoms with E-state index in [0.717, 1.165) is 11.0 Å². The molecule has 1 aromatic rings. The van der Waals surface area contributed by atoms with E-state index in [-0.39, 0.29) is 6.61 Å². The number of aryl methyl sites for hydroxylation is 1. The van der Waals surface area contributed by atoms with Crippen molar-refractivity contribution in [3.05, 3.63) is 29.3 Å². The third kappa shape index (κ3) is 8.51. The summed E-state index contributed by atoms with van der Waals surface area (Å²) in [6, 6.07) is 5.72. The summed E-state index contributed by atoms with van der Waals surface area (Å²) >= 11 is 0. The van der Waals surface area contributed by atoms with Gasteiger partial charge in [-0.25, -0.2) is 0 Å². The lowest BCUT2D eigenvalue weighted by Crippen LogP contribution is -2.61. The number of esters is 3. The van der Waals surface area contributed by atoms with Gasteiger partial charge in [0.25, 0.3) is 0 Å². The summed E-state index contributed by atoms with van der Waals surface area (Å²) in [5, 5.41) is 0. The molecule has 0 aromatic heterocycles. The van der Waals surface area contributed by atoms with Crippen molar-refractivity contribution in [3.8, 4) is 0 Å². The molecule has 258 valence electrons. The van der Waals surface area contributed by atoms with Crippen molar-refractivity contribution in [2.75, 3.05) is 6.61 Å². The summed E-state index contributed by atoms with van der Waals surface area (Å²) in [4.78, 5) is 40.2. The van der Waals surface area contributed by atoms with E-state index in [9.17, 15) is 14.4 Å². The molecular formula is C34H54BO10P. The molecule has 46 heavy (non-hydrogen) atoms. The van der Waals surface area contributed by atoms with Gasteiger partial charge >= 0.3 is 25.0 Å². The highest BCUT2D eigenvalue weighted by atomic mass is 31.0. The van der Waals surface area contributed by atoms with Gasteiger partial charge in [-0.15, -0.1) is 0 Å². The van der Waals surface area contributed by atoms with E-state index in [4.69, 9.17) is 32.8 Å². The molecule has 2 saturated heterocycles. The topological polar surface area (TPSA) is 116 Å². The SMILES string of the molecule is Cc1cc(B2OC(C)(C)C(C)(C)O2)ccc1[C@H]1O[C@H](COP)[C@@H](OC(=O)C(C)(C)C)[C@H](OC(=O)C(C)(C)C)[C@@H]1OC(=O)C(C)(C)C. The predicted octanol–water partition coefficient (Wildman–Crippen LogP) is 5.41. The van der Waals surface area contributed by atoms with E-state index in [2.05, 4.69) is 9.47 Å². The van der Waals surface area contributed by atoms with E-state index in [1.807, 2.05) is 52.8 Å². The van der Waals surface area contributed by atoms with Crippen molar-refractivity contribution >= 4 is 40.0 Å². The van der Waals surface area contributed by atoms with E-state index < -0.39 is 83.0 Å². The van der Waals surface area contributed by atoms with Crippen LogP contribution in [-0.4, -0.2) is 67.3 Å². The van der Waals surface area contributed by atoms with Crippen molar-refractivity contribution in [3.63, 3.8) is 0 Å². The second-order valence-corrected chi connectivity index (χ2v) is 16.8. The van der Waals surface area contributed by atoms with Crippen molar-refractivity contribution in [1.82, 2.24) is 0 Å². The molecule has 2 aliphatic heterocycles. The van der Waals surface area contributed by atoms with Gasteiger partial charge in [-0.2, -0.15) is 0 Å². The Morgan fingerprint density at radius 3 is 1.61 bits per heavy atom. The number of hydrogen-bond donors (Lipinski definition) is 0. The zero-order valence-electron chi connectivity index (χ0n) is 30.1. The predicted molar refractivity (Wildman–Crippen MR) is 178 cm³/mol. The van der Waals surface area contributed by atoms with Gasteiger partial charge in [-0.1, -0.05) is 18.2 Å². The van der Waals surface area contributed by atoms with Gasteiger partial charge in [0.15, 0.2) is 18.3 Å². The van der Waals surface area contributed by atoms with Crippen molar-refractivity contribution in [2.24, 2.45) is 16.2 Å². The van der Waals surface area contributed by atoms with Crippen LogP contribution >= 0.6 is 9.47 Å². The number of carbonyl (C=O) groups is 3. The monoisotopic (exact) mass is 664 g/mol. The second kappa shape index (κ2) is 13.5. The molecule has 1 aromatic carbocycles. The van der Waals surface area contributed by atoms with Crippen molar-refractivity contribution in [2.45, 2.75) is 139 Å². The second-order valence-electron chi connectivity index (χ2n) is 16.5. The minimum Gasteiger partial charge on any atom is -0.455 e. The highest BCUT2D eigenvalue weighted by Crippen LogP contribution is 2.41. The average molecular weight is 665 g/mol. The van der Waals surface area contributed by atoms with E-state index in [0.29, 0.717) is 5.56 Å². The number of rotatable bonds is 7. The van der Waals surface area contributed by atoms with Gasteiger partial charge in [-0.3, -0.25) is 14.4 Å². The van der Waals surface area contributed by atoms with Crippen LogP contribution in [0.2, 0.25) is 0 Å². The summed E-state index contributed by atoms with van der Waals surface area (Å²) in [7, 11) is 1.59. The fraction of sp³-hybridized carbons (Fsp3) is 0.735. The number of benzene rings is 1. The Hall–Kier alpha value is -2.04. The van der Waals surface area contributed by atoms with Gasteiger partial charge in [0, 0.05) is 9.47 Å². The lowest BCUT2D eigenvalue weighted by molar-refractivity contribution is -0.259. The van der Waals surface area contributed by atoms with Gasteiger partial charge < -0.3 is 32.8 Å². The van der Waals surface area contributed by atoms with Crippen LogP contribution in [0.1, 0.15) is 107 Å². The van der Waals surface area contributed by atoms with Crippen LogP contribution in [0.15, 0.2) is 18.2 Å². The lowest BCUT2D eigenvalue weighted by Gasteiger charge is -2.46. The third-order valence-electron chi connectivity index (χ3n) is 8.59. The molecule has 6 atom stereocenters. The zero-order valence-corrected chi connectivity index (χ0v) is 31.2. The smallest absolute Gasteiger partial charge is 0.455 e. The van der Waals surface area contributed by atoms with Crippen LogP contribution in [0.25, 0.3) is 0 Å². The first-order valence-corrected chi connectivity index (χ1v) is 16.3. The summed E-state index contributed by atoms with van der Waals surface area (Å²) in [5.41, 5.74) is -1.38. The first-order valence-electron chi connectivity index (χ1n) is 15.9. The van der Waals surface area contributed by atoms with Crippen LogP contribution in [-0.2, 0) is 47.2 Å². The fourth-order valence-corrected chi connectivity index (χ4v) is 5.03. The summed E-state index contributed by atoms with van der Waals surface area (Å²) in [6.45, 7) is 25.4.